The van der Waals surface area contributed by atoms with Crippen molar-refractivity contribution in [3.63, 3.8) is 0 Å². The van der Waals surface area contributed by atoms with Gasteiger partial charge in [0.1, 0.15) is 5.82 Å². The third kappa shape index (κ3) is 5.29. The zero-order valence-electron chi connectivity index (χ0n) is 19.8. The molecule has 2 aromatic carbocycles. The lowest BCUT2D eigenvalue weighted by Crippen LogP contribution is -2.50. The van der Waals surface area contributed by atoms with Crippen LogP contribution in [0.5, 0.6) is 0 Å². The van der Waals surface area contributed by atoms with E-state index in [0.717, 1.165) is 22.3 Å². The number of para-hydroxylation sites is 1. The van der Waals surface area contributed by atoms with E-state index in [1.807, 2.05) is 56.0 Å². The molecule has 0 radical (unpaired) electrons. The summed E-state index contributed by atoms with van der Waals surface area (Å²) in [6.45, 7) is 8.51. The van der Waals surface area contributed by atoms with Crippen molar-refractivity contribution in [1.29, 1.82) is 0 Å². The fourth-order valence-corrected chi connectivity index (χ4v) is 6.35. The molecule has 3 aromatic rings. The highest BCUT2D eigenvalue weighted by molar-refractivity contribution is 7.89. The Morgan fingerprint density at radius 3 is 2.29 bits per heavy atom. The fraction of sp³-hybridized carbons (Fsp3) is 0.346. The van der Waals surface area contributed by atoms with Crippen molar-refractivity contribution in [1.82, 2.24) is 14.6 Å². The molecule has 0 aliphatic carbocycles. The van der Waals surface area contributed by atoms with Gasteiger partial charge in [0.2, 0.25) is 10.0 Å². The summed E-state index contributed by atoms with van der Waals surface area (Å²) in [4.78, 5) is 8.87. The van der Waals surface area contributed by atoms with E-state index in [0.29, 0.717) is 36.8 Å². The number of nitrogens with zero attached hydrogens (tertiary/aromatic N) is 3. The van der Waals surface area contributed by atoms with Gasteiger partial charge in [-0.1, -0.05) is 35.9 Å². The summed E-state index contributed by atoms with van der Waals surface area (Å²) in [7, 11) is -3.70. The van der Waals surface area contributed by atoms with Gasteiger partial charge in [-0.15, -0.1) is 0 Å². The predicted octanol–water partition coefficient (Wildman–Crippen LogP) is 3.99. The van der Waals surface area contributed by atoms with E-state index in [4.69, 9.17) is 0 Å². The van der Waals surface area contributed by atoms with Crippen molar-refractivity contribution in [2.24, 2.45) is 0 Å². The Bertz CT molecular complexity index is 1220. The van der Waals surface area contributed by atoms with Gasteiger partial charge in [-0.25, -0.2) is 17.5 Å². The number of pyridine rings is 1. The van der Waals surface area contributed by atoms with Crippen LogP contribution in [0.1, 0.15) is 28.3 Å². The molecule has 0 saturated carbocycles. The smallest absolute Gasteiger partial charge is 0.241 e. The number of halogens is 1. The third-order valence-corrected chi connectivity index (χ3v) is 8.09. The maximum Gasteiger partial charge on any atom is 0.241 e. The van der Waals surface area contributed by atoms with Crippen LogP contribution in [0, 0.1) is 26.6 Å². The van der Waals surface area contributed by atoms with Crippen LogP contribution in [-0.4, -0.2) is 51.0 Å². The second kappa shape index (κ2) is 10.2. The Hall–Kier alpha value is -2.81. The Balaban J connectivity index is 1.53. The third-order valence-electron chi connectivity index (χ3n) is 6.36. The monoisotopic (exact) mass is 482 g/mol. The zero-order valence-corrected chi connectivity index (χ0v) is 20.6. The summed E-state index contributed by atoms with van der Waals surface area (Å²) in [6.07, 6.45) is 3.49. The van der Waals surface area contributed by atoms with Crippen LogP contribution < -0.4 is 9.62 Å². The minimum atomic E-state index is -3.70. The van der Waals surface area contributed by atoms with Gasteiger partial charge < -0.3 is 4.90 Å². The number of hydrogen-bond acceptors (Lipinski definition) is 5. The van der Waals surface area contributed by atoms with Crippen molar-refractivity contribution < 1.29 is 12.8 Å². The molecule has 0 amide bonds. The van der Waals surface area contributed by atoms with E-state index >= 15 is 0 Å². The first-order valence-corrected chi connectivity index (χ1v) is 13.0. The summed E-state index contributed by atoms with van der Waals surface area (Å²) in [5.41, 5.74) is 4.06. The van der Waals surface area contributed by atoms with Crippen molar-refractivity contribution in [3.05, 3.63) is 89.0 Å². The number of benzene rings is 2. The van der Waals surface area contributed by atoms with E-state index in [-0.39, 0.29) is 18.4 Å². The number of sulfonamides is 1. The van der Waals surface area contributed by atoms with Gasteiger partial charge in [0.05, 0.1) is 16.6 Å². The van der Waals surface area contributed by atoms with E-state index in [1.165, 1.54) is 6.07 Å². The van der Waals surface area contributed by atoms with Crippen LogP contribution in [0.2, 0.25) is 0 Å². The summed E-state index contributed by atoms with van der Waals surface area (Å²) >= 11 is 0. The van der Waals surface area contributed by atoms with Gasteiger partial charge in [0, 0.05) is 45.1 Å². The molecule has 34 heavy (non-hydrogen) atoms. The fourth-order valence-electron chi connectivity index (χ4n) is 4.87. The first-order valence-electron chi connectivity index (χ1n) is 11.5. The van der Waals surface area contributed by atoms with Gasteiger partial charge in [-0.2, -0.15) is 0 Å². The lowest BCUT2D eigenvalue weighted by atomic mass is 10.1. The average Bonchev–Trinajstić information content (AvgIpc) is 2.80. The second-order valence-corrected chi connectivity index (χ2v) is 10.6. The summed E-state index contributed by atoms with van der Waals surface area (Å²) < 4.78 is 43.7. The van der Waals surface area contributed by atoms with Gasteiger partial charge >= 0.3 is 0 Å². The van der Waals surface area contributed by atoms with Crippen LogP contribution in [-0.2, 0) is 10.0 Å². The van der Waals surface area contributed by atoms with Crippen molar-refractivity contribution in [2.75, 3.05) is 37.6 Å². The van der Waals surface area contributed by atoms with Crippen LogP contribution in [0.3, 0.4) is 0 Å². The lowest BCUT2D eigenvalue weighted by Gasteiger charge is -2.40. The molecule has 0 bridgehead atoms. The maximum absolute atomic E-state index is 14.3. The van der Waals surface area contributed by atoms with E-state index in [2.05, 4.69) is 14.6 Å². The minimum Gasteiger partial charge on any atom is -0.367 e. The molecular weight excluding hydrogens is 451 g/mol. The largest absolute Gasteiger partial charge is 0.367 e. The maximum atomic E-state index is 14.3. The SMILES string of the molecule is Cc1cc(C)c(S(=O)(=O)NCC(c2cccnc2)N2CCN(c3ccccc3F)CC2)c(C)c1. The molecule has 2 heterocycles. The van der Waals surface area contributed by atoms with Crippen molar-refractivity contribution >= 4 is 15.7 Å². The molecule has 1 aliphatic rings. The molecular formula is C26H31FN4O2S. The second-order valence-electron chi connectivity index (χ2n) is 8.86. The van der Waals surface area contributed by atoms with Crippen LogP contribution >= 0.6 is 0 Å². The lowest BCUT2D eigenvalue weighted by molar-refractivity contribution is 0.186. The zero-order chi connectivity index (χ0) is 24.3. The van der Waals surface area contributed by atoms with E-state index in [1.54, 1.807) is 24.5 Å². The number of hydrogen-bond donors (Lipinski definition) is 1. The topological polar surface area (TPSA) is 65.5 Å². The number of aromatic nitrogens is 1. The molecule has 1 atom stereocenters. The molecule has 1 aromatic heterocycles. The molecule has 180 valence electrons. The Morgan fingerprint density at radius 2 is 1.68 bits per heavy atom. The van der Waals surface area contributed by atoms with Crippen molar-refractivity contribution in [3.8, 4) is 0 Å². The van der Waals surface area contributed by atoms with Gasteiger partial charge in [-0.05, 0) is 55.7 Å². The Kier molecular flexibility index (Phi) is 7.30. The normalized spacial score (nSPS) is 15.9. The molecule has 1 unspecified atom stereocenters. The Morgan fingerprint density at radius 1 is 1.00 bits per heavy atom. The quantitative estimate of drug-likeness (QED) is 0.552. The molecule has 8 heteroatoms. The molecule has 1 saturated heterocycles. The number of piperazine rings is 1. The van der Waals surface area contributed by atoms with Crippen LogP contribution in [0.25, 0.3) is 0 Å². The summed E-state index contributed by atoms with van der Waals surface area (Å²) in [6, 6.07) is 14.2. The molecule has 1 aliphatic heterocycles. The van der Waals surface area contributed by atoms with E-state index in [9.17, 15) is 12.8 Å². The number of anilines is 1. The molecule has 0 spiro atoms. The number of aryl methyl sites for hydroxylation is 3. The number of nitrogens with one attached hydrogen (secondary N) is 1. The molecule has 1 N–H and O–H groups in total. The van der Waals surface area contributed by atoms with Gasteiger partial charge in [0.25, 0.3) is 0 Å². The predicted molar refractivity (Wildman–Crippen MR) is 133 cm³/mol. The molecule has 4 rings (SSSR count). The van der Waals surface area contributed by atoms with Gasteiger partial charge in [0.15, 0.2) is 0 Å². The van der Waals surface area contributed by atoms with Crippen LogP contribution in [0.4, 0.5) is 10.1 Å². The first kappa shape index (κ1) is 24.3. The van der Waals surface area contributed by atoms with Crippen LogP contribution in [0.15, 0.2) is 65.8 Å². The summed E-state index contributed by atoms with van der Waals surface area (Å²) in [5.74, 6) is -0.226. The highest BCUT2D eigenvalue weighted by Crippen LogP contribution is 2.27. The summed E-state index contributed by atoms with van der Waals surface area (Å²) in [5, 5.41) is 0. The average molecular weight is 483 g/mol. The first-order chi connectivity index (χ1) is 16.3. The highest BCUT2D eigenvalue weighted by atomic mass is 32.2. The standard InChI is InChI=1S/C26H31FN4O2S/c1-19-15-20(2)26(21(3)16-19)34(32,33)29-18-25(22-7-6-10-28-17-22)31-13-11-30(12-14-31)24-9-5-4-8-23(24)27/h4-10,15-17,25,29H,11-14,18H2,1-3H3. The van der Waals surface area contributed by atoms with Crippen molar-refractivity contribution in [2.45, 2.75) is 31.7 Å². The molecule has 1 fully saturated rings. The number of rotatable bonds is 7. The van der Waals surface area contributed by atoms with E-state index < -0.39 is 10.0 Å². The highest BCUT2D eigenvalue weighted by Gasteiger charge is 2.28. The Labute approximate surface area is 201 Å². The minimum absolute atomic E-state index is 0.183. The van der Waals surface area contributed by atoms with Gasteiger partial charge in [-0.3, -0.25) is 9.88 Å². The molecule has 6 nitrogen and oxygen atoms in total.